The lowest BCUT2D eigenvalue weighted by Gasteiger charge is -2.03. The highest BCUT2D eigenvalue weighted by Crippen LogP contribution is 2.22. The van der Waals surface area contributed by atoms with Gasteiger partial charge in [0.1, 0.15) is 6.04 Å². The van der Waals surface area contributed by atoms with E-state index in [-0.39, 0.29) is 6.42 Å². The number of hydrogen-bond acceptors (Lipinski definition) is 4. The second-order valence-electron chi connectivity index (χ2n) is 3.90. The summed E-state index contributed by atoms with van der Waals surface area (Å²) < 4.78 is 2.52. The van der Waals surface area contributed by atoms with E-state index >= 15 is 0 Å². The van der Waals surface area contributed by atoms with Crippen molar-refractivity contribution in [3.63, 3.8) is 0 Å². The zero-order chi connectivity index (χ0) is 14.0. The molecule has 0 fully saturated rings. The molecule has 3 N–H and O–H groups in total. The van der Waals surface area contributed by atoms with Gasteiger partial charge in [-0.25, -0.2) is 4.68 Å². The van der Waals surface area contributed by atoms with Crippen LogP contribution in [0.2, 0.25) is 5.02 Å². The van der Waals surface area contributed by atoms with Gasteiger partial charge in [-0.05, 0) is 40.8 Å². The number of hydrogen-bond donors (Lipinski definition) is 2. The van der Waals surface area contributed by atoms with Crippen molar-refractivity contribution >= 4 is 40.2 Å². The Balaban J connectivity index is 2.23. The summed E-state index contributed by atoms with van der Waals surface area (Å²) in [6.07, 6.45) is 1.74. The van der Waals surface area contributed by atoms with Crippen LogP contribution in [0.3, 0.4) is 0 Å². The molecule has 0 aliphatic rings. The molecule has 100 valence electrons. The fourth-order valence-corrected chi connectivity index (χ4v) is 2.43. The lowest BCUT2D eigenvalue weighted by molar-refractivity contribution is -0.138. The highest BCUT2D eigenvalue weighted by atomic mass is 127. The number of aliphatic carboxylic acids is 1. The number of nitrogens with zero attached hydrogens (tertiary/aromatic N) is 3. The lowest BCUT2D eigenvalue weighted by atomic mass is 10.2. The normalized spacial score (nSPS) is 12.4. The Kier molecular flexibility index (Phi) is 4.38. The molecule has 1 heterocycles. The first-order valence-electron chi connectivity index (χ1n) is 5.32. The topological polar surface area (TPSA) is 94.0 Å². The number of rotatable bonds is 4. The minimum absolute atomic E-state index is 0.122. The van der Waals surface area contributed by atoms with Gasteiger partial charge >= 0.3 is 5.97 Å². The Morgan fingerprint density at radius 2 is 2.32 bits per heavy atom. The first-order valence-corrected chi connectivity index (χ1v) is 6.78. The van der Waals surface area contributed by atoms with E-state index in [0.717, 1.165) is 3.57 Å². The van der Waals surface area contributed by atoms with E-state index in [4.69, 9.17) is 22.4 Å². The van der Waals surface area contributed by atoms with Crippen molar-refractivity contribution in [1.82, 2.24) is 15.0 Å². The van der Waals surface area contributed by atoms with Crippen LogP contribution in [0.15, 0.2) is 24.4 Å². The summed E-state index contributed by atoms with van der Waals surface area (Å²) in [5.74, 6) is -1.07. The molecule has 6 nitrogen and oxygen atoms in total. The molecule has 0 saturated heterocycles. The van der Waals surface area contributed by atoms with Gasteiger partial charge in [-0.2, -0.15) is 0 Å². The fraction of sp³-hybridized carbons (Fsp3) is 0.182. The third-order valence-corrected chi connectivity index (χ3v) is 3.42. The summed E-state index contributed by atoms with van der Waals surface area (Å²) in [5.41, 5.74) is 6.63. The number of carboxylic acids is 1. The predicted molar refractivity (Wildman–Crippen MR) is 78.4 cm³/mol. The minimum Gasteiger partial charge on any atom is -0.480 e. The summed E-state index contributed by atoms with van der Waals surface area (Å²) in [5, 5.41) is 17.1. The average molecular weight is 393 g/mol. The molecule has 0 aliphatic carbocycles. The maximum atomic E-state index is 10.7. The molecule has 19 heavy (non-hydrogen) atoms. The van der Waals surface area contributed by atoms with E-state index in [1.54, 1.807) is 6.20 Å². The summed E-state index contributed by atoms with van der Waals surface area (Å²) in [7, 11) is 0. The van der Waals surface area contributed by atoms with Crippen LogP contribution < -0.4 is 5.73 Å². The number of carbonyl (C=O) groups is 1. The standard InChI is InChI=1S/C11H10ClIN4O2/c12-8-3-6(13)1-2-10(8)17-5-7(15-16-17)4-9(14)11(18)19/h1-3,5,9H,4,14H2,(H,18,19). The largest absolute Gasteiger partial charge is 0.480 e. The Morgan fingerprint density at radius 1 is 1.58 bits per heavy atom. The van der Waals surface area contributed by atoms with Crippen LogP contribution >= 0.6 is 34.2 Å². The molecule has 0 spiro atoms. The van der Waals surface area contributed by atoms with Gasteiger partial charge in [-0.15, -0.1) is 5.10 Å². The molecule has 1 unspecified atom stereocenters. The summed E-state index contributed by atoms with van der Waals surface area (Å²) in [6.45, 7) is 0. The van der Waals surface area contributed by atoms with Crippen molar-refractivity contribution in [2.75, 3.05) is 0 Å². The van der Waals surface area contributed by atoms with Crippen molar-refractivity contribution in [2.24, 2.45) is 5.73 Å². The molecular weight excluding hydrogens is 383 g/mol. The molecule has 0 saturated carbocycles. The van der Waals surface area contributed by atoms with E-state index in [9.17, 15) is 4.79 Å². The summed E-state index contributed by atoms with van der Waals surface area (Å²) in [6, 6.07) is 4.53. The molecule has 2 aromatic rings. The molecule has 8 heteroatoms. The van der Waals surface area contributed by atoms with Gasteiger partial charge in [-0.3, -0.25) is 4.79 Å². The van der Waals surface area contributed by atoms with Crippen molar-refractivity contribution in [3.05, 3.63) is 38.7 Å². The summed E-state index contributed by atoms with van der Waals surface area (Å²) in [4.78, 5) is 10.7. The van der Waals surface area contributed by atoms with Crippen LogP contribution in [0.5, 0.6) is 0 Å². The number of halogens is 2. The zero-order valence-electron chi connectivity index (χ0n) is 9.62. The van der Waals surface area contributed by atoms with Crippen LogP contribution in [0.25, 0.3) is 5.69 Å². The second kappa shape index (κ2) is 5.85. The van der Waals surface area contributed by atoms with E-state index in [2.05, 4.69) is 32.9 Å². The van der Waals surface area contributed by atoms with Crippen LogP contribution in [0.4, 0.5) is 0 Å². The van der Waals surface area contributed by atoms with Gasteiger partial charge < -0.3 is 10.8 Å². The SMILES string of the molecule is NC(Cc1cn(-c2ccc(I)cc2Cl)nn1)C(=O)O. The van der Waals surface area contributed by atoms with Gasteiger partial charge in [0.2, 0.25) is 0 Å². The number of carboxylic acid groups (broad SMARTS) is 1. The first-order chi connectivity index (χ1) is 8.97. The molecule has 0 amide bonds. The summed E-state index contributed by atoms with van der Waals surface area (Å²) >= 11 is 8.28. The van der Waals surface area contributed by atoms with E-state index in [0.29, 0.717) is 16.4 Å². The molecule has 0 radical (unpaired) electrons. The smallest absolute Gasteiger partial charge is 0.320 e. The average Bonchev–Trinajstić information content (AvgIpc) is 2.77. The Labute approximate surface area is 127 Å². The van der Waals surface area contributed by atoms with Crippen molar-refractivity contribution in [2.45, 2.75) is 12.5 Å². The van der Waals surface area contributed by atoms with Crippen molar-refractivity contribution < 1.29 is 9.90 Å². The van der Waals surface area contributed by atoms with Crippen LogP contribution in [-0.4, -0.2) is 32.1 Å². The Morgan fingerprint density at radius 3 is 2.95 bits per heavy atom. The number of nitrogens with two attached hydrogens (primary N) is 1. The molecule has 0 aliphatic heterocycles. The Hall–Kier alpha value is -1.19. The Bertz CT molecular complexity index is 616. The third kappa shape index (κ3) is 3.43. The van der Waals surface area contributed by atoms with Crippen molar-refractivity contribution in [3.8, 4) is 5.69 Å². The molecule has 1 atom stereocenters. The van der Waals surface area contributed by atoms with E-state index < -0.39 is 12.0 Å². The number of aromatic nitrogens is 3. The monoisotopic (exact) mass is 392 g/mol. The molecule has 2 rings (SSSR count). The van der Waals surface area contributed by atoms with Gasteiger partial charge in [0.25, 0.3) is 0 Å². The maximum absolute atomic E-state index is 10.7. The number of benzene rings is 1. The maximum Gasteiger partial charge on any atom is 0.320 e. The fourth-order valence-electron chi connectivity index (χ4n) is 1.49. The lowest BCUT2D eigenvalue weighted by Crippen LogP contribution is -2.32. The van der Waals surface area contributed by atoms with E-state index in [1.807, 2.05) is 18.2 Å². The molecule has 1 aromatic heterocycles. The predicted octanol–water partition coefficient (Wildman–Crippen LogP) is 1.48. The van der Waals surface area contributed by atoms with Gasteiger partial charge in [-0.1, -0.05) is 16.8 Å². The molecule has 1 aromatic carbocycles. The second-order valence-corrected chi connectivity index (χ2v) is 5.55. The highest BCUT2D eigenvalue weighted by molar-refractivity contribution is 14.1. The van der Waals surface area contributed by atoms with Gasteiger partial charge in [0.05, 0.1) is 22.6 Å². The zero-order valence-corrected chi connectivity index (χ0v) is 12.5. The van der Waals surface area contributed by atoms with Gasteiger partial charge in [0.15, 0.2) is 0 Å². The van der Waals surface area contributed by atoms with Crippen LogP contribution in [-0.2, 0) is 11.2 Å². The minimum atomic E-state index is -1.07. The first kappa shape index (κ1) is 14.2. The van der Waals surface area contributed by atoms with Crippen molar-refractivity contribution in [1.29, 1.82) is 0 Å². The quantitative estimate of drug-likeness (QED) is 0.769. The van der Waals surface area contributed by atoms with E-state index in [1.165, 1.54) is 4.68 Å². The molecule has 0 bridgehead atoms. The van der Waals surface area contributed by atoms with Crippen LogP contribution in [0.1, 0.15) is 5.69 Å². The third-order valence-electron chi connectivity index (χ3n) is 2.44. The molecular formula is C11H10ClIN4O2. The highest BCUT2D eigenvalue weighted by Gasteiger charge is 2.15. The van der Waals surface area contributed by atoms with Gasteiger partial charge in [0, 0.05) is 9.99 Å². The van der Waals surface area contributed by atoms with Crippen LogP contribution in [0, 0.1) is 3.57 Å².